The standard InChI is InChI=1S/C16H28O2/c1-4-7-8-9-10-11-12-13-14-15-16(17-5-2)18-6-3/h13-14,16H,4-9,12,15H2,1-3H3/b14-13-. The molecular formula is C16H28O2. The number of ether oxygens (including phenoxy) is 2. The minimum Gasteiger partial charge on any atom is -0.353 e. The zero-order valence-corrected chi connectivity index (χ0v) is 12.2. The van der Waals surface area contributed by atoms with Gasteiger partial charge in [-0.2, -0.15) is 0 Å². The van der Waals surface area contributed by atoms with Crippen LogP contribution < -0.4 is 0 Å². The zero-order chi connectivity index (χ0) is 13.5. The molecule has 0 saturated heterocycles. The van der Waals surface area contributed by atoms with Crippen LogP contribution in [0.5, 0.6) is 0 Å². The summed E-state index contributed by atoms with van der Waals surface area (Å²) in [6.07, 6.45) is 10.5. The van der Waals surface area contributed by atoms with E-state index in [-0.39, 0.29) is 6.29 Å². The smallest absolute Gasteiger partial charge is 0.160 e. The third-order valence-corrected chi connectivity index (χ3v) is 2.45. The molecule has 0 aliphatic heterocycles. The molecule has 0 fully saturated rings. The highest BCUT2D eigenvalue weighted by Gasteiger charge is 2.03. The fourth-order valence-electron chi connectivity index (χ4n) is 1.53. The highest BCUT2D eigenvalue weighted by molar-refractivity contribution is 5.04. The number of rotatable bonds is 10. The average Bonchev–Trinajstić information content (AvgIpc) is 2.37. The second-order valence-corrected chi connectivity index (χ2v) is 4.06. The summed E-state index contributed by atoms with van der Waals surface area (Å²) in [4.78, 5) is 0. The molecule has 18 heavy (non-hydrogen) atoms. The molecule has 0 aromatic carbocycles. The Morgan fingerprint density at radius 1 is 0.944 bits per heavy atom. The number of hydrogen-bond donors (Lipinski definition) is 0. The predicted molar refractivity (Wildman–Crippen MR) is 77.3 cm³/mol. The van der Waals surface area contributed by atoms with E-state index in [1.165, 1.54) is 19.3 Å². The predicted octanol–water partition coefficient (Wildman–Crippen LogP) is 4.31. The maximum Gasteiger partial charge on any atom is 0.160 e. The van der Waals surface area contributed by atoms with E-state index in [1.807, 2.05) is 13.8 Å². The molecule has 0 aliphatic rings. The Morgan fingerprint density at radius 2 is 1.67 bits per heavy atom. The van der Waals surface area contributed by atoms with Gasteiger partial charge in [0.2, 0.25) is 0 Å². The van der Waals surface area contributed by atoms with Crippen LogP contribution in [0.25, 0.3) is 0 Å². The van der Waals surface area contributed by atoms with Gasteiger partial charge in [-0.25, -0.2) is 0 Å². The molecule has 0 amide bonds. The highest BCUT2D eigenvalue weighted by Crippen LogP contribution is 2.02. The summed E-state index contributed by atoms with van der Waals surface area (Å²) < 4.78 is 10.9. The van der Waals surface area contributed by atoms with Gasteiger partial charge in [0.25, 0.3) is 0 Å². The largest absolute Gasteiger partial charge is 0.353 e. The first-order valence-corrected chi connectivity index (χ1v) is 7.19. The van der Waals surface area contributed by atoms with E-state index in [9.17, 15) is 0 Å². The molecule has 0 aromatic rings. The Balaban J connectivity index is 3.61. The summed E-state index contributed by atoms with van der Waals surface area (Å²) in [5.74, 6) is 6.36. The monoisotopic (exact) mass is 252 g/mol. The Bertz CT molecular complexity index is 242. The summed E-state index contributed by atoms with van der Waals surface area (Å²) in [5, 5.41) is 0. The first kappa shape index (κ1) is 17.2. The molecule has 0 heterocycles. The lowest BCUT2D eigenvalue weighted by Gasteiger charge is -2.14. The molecule has 2 nitrogen and oxygen atoms in total. The second kappa shape index (κ2) is 14.3. The Kier molecular flexibility index (Phi) is 13.7. The van der Waals surface area contributed by atoms with Crippen molar-refractivity contribution in [3.05, 3.63) is 12.2 Å². The van der Waals surface area contributed by atoms with Gasteiger partial charge in [-0.1, -0.05) is 37.8 Å². The third kappa shape index (κ3) is 11.7. The van der Waals surface area contributed by atoms with E-state index >= 15 is 0 Å². The van der Waals surface area contributed by atoms with Crippen LogP contribution >= 0.6 is 0 Å². The van der Waals surface area contributed by atoms with Crippen molar-refractivity contribution in [2.45, 2.75) is 65.6 Å². The molecule has 0 aromatic heterocycles. The van der Waals surface area contributed by atoms with Gasteiger partial charge in [0, 0.05) is 32.5 Å². The van der Waals surface area contributed by atoms with Crippen molar-refractivity contribution in [3.8, 4) is 11.8 Å². The Hall–Kier alpha value is -0.780. The van der Waals surface area contributed by atoms with Gasteiger partial charge in [-0.15, -0.1) is 5.92 Å². The van der Waals surface area contributed by atoms with Crippen molar-refractivity contribution >= 4 is 0 Å². The third-order valence-electron chi connectivity index (χ3n) is 2.45. The maximum absolute atomic E-state index is 5.44. The van der Waals surface area contributed by atoms with Crippen LogP contribution in [0.2, 0.25) is 0 Å². The Labute approximate surface area is 113 Å². The molecule has 0 radical (unpaired) electrons. The van der Waals surface area contributed by atoms with Gasteiger partial charge in [-0.3, -0.25) is 0 Å². The number of allylic oxidation sites excluding steroid dienone is 1. The van der Waals surface area contributed by atoms with Crippen molar-refractivity contribution in [1.82, 2.24) is 0 Å². The first-order chi connectivity index (χ1) is 8.85. The normalized spacial score (nSPS) is 10.9. The molecule has 0 rings (SSSR count). The van der Waals surface area contributed by atoms with Crippen LogP contribution in [0.3, 0.4) is 0 Å². The van der Waals surface area contributed by atoms with Gasteiger partial charge in [0.15, 0.2) is 6.29 Å². The van der Waals surface area contributed by atoms with Crippen LogP contribution in [-0.4, -0.2) is 19.5 Å². The first-order valence-electron chi connectivity index (χ1n) is 7.19. The van der Waals surface area contributed by atoms with Gasteiger partial charge in [-0.05, 0) is 20.3 Å². The maximum atomic E-state index is 5.44. The quantitative estimate of drug-likeness (QED) is 0.250. The molecular weight excluding hydrogens is 224 g/mol. The van der Waals surface area contributed by atoms with Crippen molar-refractivity contribution in [2.75, 3.05) is 13.2 Å². The zero-order valence-electron chi connectivity index (χ0n) is 12.2. The molecule has 104 valence electrons. The molecule has 0 bridgehead atoms. The van der Waals surface area contributed by atoms with Crippen molar-refractivity contribution in [1.29, 1.82) is 0 Å². The summed E-state index contributed by atoms with van der Waals surface area (Å²) in [5.41, 5.74) is 0. The molecule has 0 unspecified atom stereocenters. The van der Waals surface area contributed by atoms with Gasteiger partial charge < -0.3 is 9.47 Å². The van der Waals surface area contributed by atoms with E-state index in [4.69, 9.17) is 9.47 Å². The van der Waals surface area contributed by atoms with E-state index in [2.05, 4.69) is 30.9 Å². The Morgan fingerprint density at radius 3 is 2.28 bits per heavy atom. The lowest BCUT2D eigenvalue weighted by Crippen LogP contribution is -2.16. The molecule has 0 N–H and O–H groups in total. The lowest BCUT2D eigenvalue weighted by molar-refractivity contribution is -0.133. The lowest BCUT2D eigenvalue weighted by atomic mass is 10.2. The van der Waals surface area contributed by atoms with Crippen molar-refractivity contribution in [2.24, 2.45) is 0 Å². The summed E-state index contributed by atoms with van der Waals surface area (Å²) in [7, 11) is 0. The summed E-state index contributed by atoms with van der Waals surface area (Å²) >= 11 is 0. The van der Waals surface area contributed by atoms with Crippen molar-refractivity contribution in [3.63, 3.8) is 0 Å². The fraction of sp³-hybridized carbons (Fsp3) is 0.750. The SMILES string of the molecule is CCCCCC#CC/C=C\CC(OCC)OCC. The van der Waals surface area contributed by atoms with E-state index in [0.717, 1.165) is 19.3 Å². The molecule has 0 saturated carbocycles. The molecule has 2 heteroatoms. The average molecular weight is 252 g/mol. The van der Waals surface area contributed by atoms with Crippen molar-refractivity contribution < 1.29 is 9.47 Å². The second-order valence-electron chi connectivity index (χ2n) is 4.06. The van der Waals surface area contributed by atoms with Gasteiger partial charge >= 0.3 is 0 Å². The number of hydrogen-bond acceptors (Lipinski definition) is 2. The minimum absolute atomic E-state index is 0.103. The van der Waals surface area contributed by atoms with Crippen LogP contribution in [0, 0.1) is 11.8 Å². The van der Waals surface area contributed by atoms with Crippen LogP contribution in [-0.2, 0) is 9.47 Å². The van der Waals surface area contributed by atoms with Crippen LogP contribution in [0.1, 0.15) is 59.3 Å². The van der Waals surface area contributed by atoms with Crippen LogP contribution in [0.15, 0.2) is 12.2 Å². The fourth-order valence-corrected chi connectivity index (χ4v) is 1.53. The van der Waals surface area contributed by atoms with E-state index in [1.54, 1.807) is 0 Å². The topological polar surface area (TPSA) is 18.5 Å². The molecule has 0 aliphatic carbocycles. The van der Waals surface area contributed by atoms with Gasteiger partial charge in [0.1, 0.15) is 0 Å². The molecule has 0 spiro atoms. The van der Waals surface area contributed by atoms with E-state index < -0.39 is 0 Å². The number of unbranched alkanes of at least 4 members (excludes halogenated alkanes) is 3. The van der Waals surface area contributed by atoms with Gasteiger partial charge in [0.05, 0.1) is 0 Å². The highest BCUT2D eigenvalue weighted by atomic mass is 16.7. The van der Waals surface area contributed by atoms with Crippen LogP contribution in [0.4, 0.5) is 0 Å². The minimum atomic E-state index is -0.103. The summed E-state index contributed by atoms with van der Waals surface area (Å²) in [6, 6.07) is 0. The van der Waals surface area contributed by atoms with E-state index in [0.29, 0.717) is 13.2 Å². The molecule has 0 atom stereocenters. The summed E-state index contributed by atoms with van der Waals surface area (Å²) in [6.45, 7) is 7.56.